The summed E-state index contributed by atoms with van der Waals surface area (Å²) in [5, 5.41) is 0. The molecule has 3 atom stereocenters. The van der Waals surface area contributed by atoms with Crippen molar-refractivity contribution in [1.29, 1.82) is 0 Å². The average molecular weight is 314 g/mol. The molecule has 1 aliphatic heterocycles. The van der Waals surface area contributed by atoms with Crippen LogP contribution in [0, 0.1) is 17.3 Å². The minimum absolute atomic E-state index is 0.0465. The van der Waals surface area contributed by atoms with E-state index in [9.17, 15) is 9.59 Å². The van der Waals surface area contributed by atoms with E-state index in [4.69, 9.17) is 18.9 Å². The molecule has 1 saturated carbocycles. The van der Waals surface area contributed by atoms with E-state index in [2.05, 4.69) is 0 Å². The summed E-state index contributed by atoms with van der Waals surface area (Å²) in [7, 11) is 0. The Labute approximate surface area is 131 Å². The topological polar surface area (TPSA) is 71.1 Å². The van der Waals surface area contributed by atoms with E-state index in [1.807, 2.05) is 13.8 Å². The van der Waals surface area contributed by atoms with Gasteiger partial charge in [-0.05, 0) is 34.6 Å². The van der Waals surface area contributed by atoms with Crippen molar-refractivity contribution in [3.63, 3.8) is 0 Å². The largest absolute Gasteiger partial charge is 0.461 e. The zero-order chi connectivity index (χ0) is 16.5. The number of rotatable bonds is 6. The van der Waals surface area contributed by atoms with Crippen LogP contribution < -0.4 is 0 Å². The third-order valence-corrected chi connectivity index (χ3v) is 4.18. The minimum Gasteiger partial charge on any atom is -0.461 e. The average Bonchev–Trinajstić information content (AvgIpc) is 2.66. The Morgan fingerprint density at radius 3 is 2.36 bits per heavy atom. The molecule has 0 N–H and O–H groups in total. The third kappa shape index (κ3) is 2.99. The summed E-state index contributed by atoms with van der Waals surface area (Å²) in [5.41, 5.74) is -0.585. The van der Waals surface area contributed by atoms with Gasteiger partial charge in [0.2, 0.25) is 0 Å². The lowest BCUT2D eigenvalue weighted by Crippen LogP contribution is -2.60. The molecule has 0 spiro atoms. The van der Waals surface area contributed by atoms with Crippen LogP contribution in [-0.2, 0) is 28.5 Å². The maximum Gasteiger partial charge on any atom is 0.311 e. The van der Waals surface area contributed by atoms with Gasteiger partial charge in [0.1, 0.15) is 12.7 Å². The summed E-state index contributed by atoms with van der Waals surface area (Å²) in [4.78, 5) is 23.8. The fourth-order valence-electron chi connectivity index (χ4n) is 3.15. The first kappa shape index (κ1) is 17.2. The van der Waals surface area contributed by atoms with Crippen molar-refractivity contribution in [3.05, 3.63) is 0 Å². The van der Waals surface area contributed by atoms with Gasteiger partial charge in [-0.2, -0.15) is 0 Å². The van der Waals surface area contributed by atoms with Crippen molar-refractivity contribution in [2.45, 2.75) is 52.9 Å². The highest BCUT2D eigenvalue weighted by atomic mass is 16.7. The highest BCUT2D eigenvalue weighted by Crippen LogP contribution is 2.54. The first-order valence-corrected chi connectivity index (χ1v) is 7.90. The summed E-state index contributed by atoms with van der Waals surface area (Å²) in [6.45, 7) is 10.2. The van der Waals surface area contributed by atoms with E-state index in [0.717, 1.165) is 0 Å². The molecule has 1 aliphatic carbocycles. The van der Waals surface area contributed by atoms with E-state index in [1.54, 1.807) is 20.8 Å². The SMILES string of the molecule is CCOC1(OCC)C[C@H]2C(=O)O[C@H](COC(=O)C(C)(C)C)[C@H]21. The van der Waals surface area contributed by atoms with Crippen molar-refractivity contribution < 1.29 is 28.5 Å². The molecule has 0 aromatic rings. The molecule has 22 heavy (non-hydrogen) atoms. The molecule has 0 unspecified atom stereocenters. The normalized spacial score (nSPS) is 29.5. The second-order valence-electron chi connectivity index (χ2n) is 6.84. The number of hydrogen-bond donors (Lipinski definition) is 0. The summed E-state index contributed by atoms with van der Waals surface area (Å²) >= 11 is 0. The summed E-state index contributed by atoms with van der Waals surface area (Å²) in [6.07, 6.45) is -0.00215. The van der Waals surface area contributed by atoms with Crippen LogP contribution in [0.5, 0.6) is 0 Å². The molecule has 2 fully saturated rings. The lowest BCUT2D eigenvalue weighted by molar-refractivity contribution is -0.325. The summed E-state index contributed by atoms with van der Waals surface area (Å²) in [6, 6.07) is 0. The molecule has 1 heterocycles. The molecular weight excluding hydrogens is 288 g/mol. The van der Waals surface area contributed by atoms with Crippen molar-refractivity contribution in [2.75, 3.05) is 19.8 Å². The predicted molar refractivity (Wildman–Crippen MR) is 77.9 cm³/mol. The Kier molecular flexibility index (Phi) is 4.82. The van der Waals surface area contributed by atoms with E-state index in [1.165, 1.54) is 0 Å². The molecule has 0 aromatic heterocycles. The van der Waals surface area contributed by atoms with Gasteiger partial charge in [-0.25, -0.2) is 0 Å². The number of hydrogen-bond acceptors (Lipinski definition) is 6. The third-order valence-electron chi connectivity index (χ3n) is 4.18. The number of carbonyl (C=O) groups is 2. The standard InChI is InChI=1S/C16H26O6/c1-6-20-16(21-7-2)8-10-12(16)11(22-13(10)17)9-19-14(18)15(3,4)5/h10-12H,6-9H2,1-5H3/t10-,11-,12+/m1/s1. The van der Waals surface area contributed by atoms with E-state index in [-0.39, 0.29) is 30.4 Å². The van der Waals surface area contributed by atoms with Gasteiger partial charge in [0.15, 0.2) is 5.79 Å². The van der Waals surface area contributed by atoms with Crippen LogP contribution in [0.2, 0.25) is 0 Å². The van der Waals surface area contributed by atoms with Gasteiger partial charge in [-0.1, -0.05) is 0 Å². The Hall–Kier alpha value is -1.14. The Morgan fingerprint density at radius 2 is 1.86 bits per heavy atom. The molecule has 6 nitrogen and oxygen atoms in total. The van der Waals surface area contributed by atoms with Crippen LogP contribution in [0.25, 0.3) is 0 Å². The highest BCUT2D eigenvalue weighted by Gasteiger charge is 2.67. The monoisotopic (exact) mass is 314 g/mol. The Bertz CT molecular complexity index is 432. The van der Waals surface area contributed by atoms with Crippen LogP contribution in [0.15, 0.2) is 0 Å². The Balaban J connectivity index is 2.05. The van der Waals surface area contributed by atoms with Crippen molar-refractivity contribution in [3.8, 4) is 0 Å². The second kappa shape index (κ2) is 6.16. The smallest absolute Gasteiger partial charge is 0.311 e. The van der Waals surface area contributed by atoms with Crippen molar-refractivity contribution in [2.24, 2.45) is 17.3 Å². The number of ether oxygens (including phenoxy) is 4. The second-order valence-corrected chi connectivity index (χ2v) is 6.84. The van der Waals surface area contributed by atoms with Crippen LogP contribution in [0.4, 0.5) is 0 Å². The summed E-state index contributed by atoms with van der Waals surface area (Å²) in [5.74, 6) is -1.80. The number of esters is 2. The zero-order valence-electron chi connectivity index (χ0n) is 14.0. The van der Waals surface area contributed by atoms with Gasteiger partial charge in [0.05, 0.1) is 17.3 Å². The van der Waals surface area contributed by atoms with Gasteiger partial charge < -0.3 is 18.9 Å². The van der Waals surface area contributed by atoms with Gasteiger partial charge in [0.25, 0.3) is 0 Å². The van der Waals surface area contributed by atoms with Crippen molar-refractivity contribution in [1.82, 2.24) is 0 Å². The fourth-order valence-corrected chi connectivity index (χ4v) is 3.15. The number of carbonyl (C=O) groups excluding carboxylic acids is 2. The van der Waals surface area contributed by atoms with E-state index < -0.39 is 17.3 Å². The van der Waals surface area contributed by atoms with E-state index >= 15 is 0 Å². The van der Waals surface area contributed by atoms with Gasteiger partial charge in [-0.3, -0.25) is 9.59 Å². The first-order chi connectivity index (χ1) is 10.2. The summed E-state index contributed by atoms with van der Waals surface area (Å²) < 4.78 is 22.3. The fraction of sp³-hybridized carbons (Fsp3) is 0.875. The van der Waals surface area contributed by atoms with Crippen LogP contribution in [0.1, 0.15) is 41.0 Å². The molecular formula is C16H26O6. The molecule has 126 valence electrons. The minimum atomic E-state index is -0.793. The van der Waals surface area contributed by atoms with E-state index in [0.29, 0.717) is 19.6 Å². The molecule has 2 rings (SSSR count). The maximum absolute atomic E-state index is 11.9. The van der Waals surface area contributed by atoms with Crippen molar-refractivity contribution >= 4 is 11.9 Å². The lowest BCUT2D eigenvalue weighted by Gasteiger charge is -2.49. The maximum atomic E-state index is 11.9. The molecule has 2 aliphatic rings. The molecule has 1 saturated heterocycles. The van der Waals surface area contributed by atoms with Crippen LogP contribution >= 0.6 is 0 Å². The number of cyclic esters (lactones) is 1. The van der Waals surface area contributed by atoms with Gasteiger partial charge in [-0.15, -0.1) is 0 Å². The lowest BCUT2D eigenvalue weighted by atomic mass is 9.66. The number of fused-ring (bicyclic) bond motifs is 1. The molecule has 0 radical (unpaired) electrons. The molecule has 6 heteroatoms. The zero-order valence-corrected chi connectivity index (χ0v) is 14.0. The first-order valence-electron chi connectivity index (χ1n) is 7.90. The van der Waals surface area contributed by atoms with Gasteiger partial charge in [0, 0.05) is 19.6 Å². The van der Waals surface area contributed by atoms with Gasteiger partial charge >= 0.3 is 11.9 Å². The Morgan fingerprint density at radius 1 is 1.27 bits per heavy atom. The quantitative estimate of drug-likeness (QED) is 0.551. The van der Waals surface area contributed by atoms with Crippen LogP contribution in [-0.4, -0.2) is 43.7 Å². The molecule has 0 amide bonds. The molecule has 0 bridgehead atoms. The predicted octanol–water partition coefficient (Wildman–Crippen LogP) is 1.91. The molecule has 0 aromatic carbocycles. The van der Waals surface area contributed by atoms with Crippen LogP contribution in [0.3, 0.4) is 0 Å². The highest BCUT2D eigenvalue weighted by molar-refractivity contribution is 5.78.